The van der Waals surface area contributed by atoms with E-state index in [9.17, 15) is 12.8 Å². The molecule has 1 atom stereocenters. The van der Waals surface area contributed by atoms with Crippen LogP contribution in [0.4, 0.5) is 15.3 Å². The Hall–Kier alpha value is -3.19. The molecule has 9 nitrogen and oxygen atoms in total. The lowest BCUT2D eigenvalue weighted by Crippen LogP contribution is -2.42. The van der Waals surface area contributed by atoms with Crippen LogP contribution in [0.2, 0.25) is 0 Å². The van der Waals surface area contributed by atoms with E-state index in [1.807, 2.05) is 12.1 Å². The van der Waals surface area contributed by atoms with E-state index in [4.69, 9.17) is 4.74 Å². The van der Waals surface area contributed by atoms with Gasteiger partial charge in [0.25, 0.3) is 10.0 Å². The van der Waals surface area contributed by atoms with Crippen LogP contribution in [0.15, 0.2) is 66.2 Å². The van der Waals surface area contributed by atoms with Gasteiger partial charge in [-0.3, -0.25) is 0 Å². The Morgan fingerprint density at radius 2 is 2.06 bits per heavy atom. The van der Waals surface area contributed by atoms with E-state index in [0.717, 1.165) is 4.88 Å². The molecule has 1 fully saturated rings. The molecular formula is C23H23FN6O3S2. The van der Waals surface area contributed by atoms with Crippen molar-refractivity contribution in [1.82, 2.24) is 23.8 Å². The Morgan fingerprint density at radius 1 is 1.20 bits per heavy atom. The molecule has 0 spiro atoms. The highest BCUT2D eigenvalue weighted by molar-refractivity contribution is 7.89. The highest BCUT2D eigenvalue weighted by atomic mass is 32.2. The first-order valence-electron chi connectivity index (χ1n) is 10.9. The van der Waals surface area contributed by atoms with Crippen LogP contribution in [0.3, 0.4) is 0 Å². The van der Waals surface area contributed by atoms with Gasteiger partial charge in [0.1, 0.15) is 17.7 Å². The van der Waals surface area contributed by atoms with Crippen LogP contribution in [0.5, 0.6) is 0 Å². The number of thiazole rings is 1. The molecule has 1 N–H and O–H groups in total. The van der Waals surface area contributed by atoms with E-state index >= 15 is 0 Å². The van der Waals surface area contributed by atoms with Gasteiger partial charge in [0.15, 0.2) is 10.2 Å². The van der Waals surface area contributed by atoms with E-state index in [1.54, 1.807) is 42.1 Å². The number of rotatable bonds is 7. The van der Waals surface area contributed by atoms with Crippen LogP contribution >= 0.6 is 11.3 Å². The quantitative estimate of drug-likeness (QED) is 0.403. The van der Waals surface area contributed by atoms with Gasteiger partial charge in [-0.05, 0) is 23.8 Å². The number of morpholine rings is 1. The molecule has 5 rings (SSSR count). The molecular weight excluding hydrogens is 491 g/mol. The molecule has 3 aromatic heterocycles. The summed E-state index contributed by atoms with van der Waals surface area (Å²) in [5.74, 6) is 0.318. The van der Waals surface area contributed by atoms with Crippen LogP contribution in [-0.2, 0) is 28.2 Å². The van der Waals surface area contributed by atoms with Crippen molar-refractivity contribution in [2.45, 2.75) is 17.6 Å². The third kappa shape index (κ3) is 5.25. The van der Waals surface area contributed by atoms with Crippen LogP contribution in [-0.4, -0.2) is 51.9 Å². The van der Waals surface area contributed by atoms with Crippen LogP contribution in [0.25, 0.3) is 0 Å². The van der Waals surface area contributed by atoms with Gasteiger partial charge in [-0.1, -0.05) is 24.3 Å². The Morgan fingerprint density at radius 3 is 2.86 bits per heavy atom. The number of sulfonamides is 1. The fourth-order valence-corrected chi connectivity index (χ4v) is 6.00. The van der Waals surface area contributed by atoms with Crippen molar-refractivity contribution < 1.29 is 17.5 Å². The third-order valence-electron chi connectivity index (χ3n) is 5.53. The predicted molar refractivity (Wildman–Crippen MR) is 129 cm³/mol. The molecule has 0 bridgehead atoms. The average molecular weight is 515 g/mol. The van der Waals surface area contributed by atoms with E-state index < -0.39 is 16.1 Å². The number of pyridine rings is 1. The third-order valence-corrected chi connectivity index (χ3v) is 8.19. The average Bonchev–Trinajstić information content (AvgIpc) is 3.50. The Balaban J connectivity index is 1.28. The summed E-state index contributed by atoms with van der Waals surface area (Å²) < 4.78 is 48.7. The van der Waals surface area contributed by atoms with E-state index in [1.165, 1.54) is 34.2 Å². The van der Waals surface area contributed by atoms with Gasteiger partial charge in [-0.15, -0.1) is 11.3 Å². The maximum absolute atomic E-state index is 14.0. The van der Waals surface area contributed by atoms with Gasteiger partial charge >= 0.3 is 0 Å². The number of imidazole rings is 1. The number of nitrogens with zero attached hydrogens (tertiary/aromatic N) is 5. The largest absolute Gasteiger partial charge is 0.369 e. The monoisotopic (exact) mass is 514 g/mol. The van der Waals surface area contributed by atoms with Crippen molar-refractivity contribution in [3.8, 4) is 0 Å². The van der Waals surface area contributed by atoms with Gasteiger partial charge in [0.2, 0.25) is 0 Å². The first kappa shape index (κ1) is 23.5. The predicted octanol–water partition coefficient (Wildman–Crippen LogP) is 3.51. The lowest BCUT2D eigenvalue weighted by atomic mass is 10.1. The Bertz CT molecular complexity index is 1440. The second kappa shape index (κ2) is 9.82. The molecule has 1 aliphatic heterocycles. The molecule has 1 unspecified atom stereocenters. The van der Waals surface area contributed by atoms with E-state index in [-0.39, 0.29) is 30.5 Å². The van der Waals surface area contributed by atoms with Gasteiger partial charge in [-0.25, -0.2) is 27.8 Å². The second-order valence-electron chi connectivity index (χ2n) is 8.07. The summed E-state index contributed by atoms with van der Waals surface area (Å²) in [4.78, 5) is 13.9. The number of aromatic nitrogens is 4. The first-order valence-corrected chi connectivity index (χ1v) is 13.2. The number of hydrogen-bond acceptors (Lipinski definition) is 8. The molecule has 182 valence electrons. The number of ether oxygens (including phenoxy) is 1. The zero-order valence-corrected chi connectivity index (χ0v) is 20.5. The maximum Gasteiger partial charge on any atom is 0.262 e. The highest BCUT2D eigenvalue weighted by Gasteiger charge is 2.33. The summed E-state index contributed by atoms with van der Waals surface area (Å²) in [7, 11) is -2.00. The summed E-state index contributed by atoms with van der Waals surface area (Å²) >= 11 is 1.42. The summed E-state index contributed by atoms with van der Waals surface area (Å²) in [6.45, 7) is 0.638. The minimum atomic E-state index is -3.72. The Kier molecular flexibility index (Phi) is 6.60. The van der Waals surface area contributed by atoms with Gasteiger partial charge in [-0.2, -0.15) is 4.31 Å². The minimum absolute atomic E-state index is 0.0129. The fourth-order valence-electron chi connectivity index (χ4n) is 3.76. The highest BCUT2D eigenvalue weighted by Crippen LogP contribution is 2.28. The molecule has 1 aromatic carbocycles. The second-order valence-corrected chi connectivity index (χ2v) is 11.1. The lowest BCUT2D eigenvalue weighted by molar-refractivity contribution is -0.00492. The normalized spacial score (nSPS) is 16.9. The lowest BCUT2D eigenvalue weighted by Gasteiger charge is -2.31. The molecule has 1 aliphatic rings. The van der Waals surface area contributed by atoms with E-state index in [2.05, 4.69) is 20.3 Å². The van der Waals surface area contributed by atoms with Crippen LogP contribution in [0, 0.1) is 5.82 Å². The van der Waals surface area contributed by atoms with Crippen LogP contribution in [0.1, 0.15) is 22.2 Å². The molecule has 0 radical (unpaired) electrons. The molecule has 4 aromatic rings. The molecule has 12 heteroatoms. The number of aryl methyl sites for hydroxylation is 1. The molecule has 4 heterocycles. The fraction of sp³-hybridized carbons (Fsp3) is 0.261. The zero-order valence-electron chi connectivity index (χ0n) is 18.8. The van der Waals surface area contributed by atoms with Crippen molar-refractivity contribution in [3.05, 3.63) is 83.1 Å². The molecule has 0 saturated carbocycles. The zero-order chi connectivity index (χ0) is 24.4. The number of halogens is 1. The summed E-state index contributed by atoms with van der Waals surface area (Å²) in [5, 5.41) is 3.82. The molecule has 0 aliphatic carbocycles. The van der Waals surface area contributed by atoms with E-state index in [0.29, 0.717) is 28.6 Å². The number of hydrogen-bond donors (Lipinski definition) is 1. The van der Waals surface area contributed by atoms with Crippen molar-refractivity contribution in [1.29, 1.82) is 0 Å². The summed E-state index contributed by atoms with van der Waals surface area (Å²) in [6.07, 6.45) is 4.60. The summed E-state index contributed by atoms with van der Waals surface area (Å²) in [5.41, 5.74) is 1.22. The molecule has 0 amide bonds. The van der Waals surface area contributed by atoms with Gasteiger partial charge < -0.3 is 14.6 Å². The first-order chi connectivity index (χ1) is 16.9. The standard InChI is InChI=1S/C23H23FN6O3S2/c1-29-14-22(26-15-29)35(31,32)30-9-10-33-20(13-30)19-7-4-8-21(27-19)28-23-25-12-17(34-23)11-16-5-2-3-6-18(16)24/h2-8,12,14-15,20H,9-11,13H2,1H3,(H,25,27,28). The van der Waals surface area contributed by atoms with Crippen molar-refractivity contribution >= 4 is 32.3 Å². The molecule has 35 heavy (non-hydrogen) atoms. The van der Waals surface area contributed by atoms with Crippen molar-refractivity contribution in [2.75, 3.05) is 25.0 Å². The topological polar surface area (TPSA) is 102 Å². The number of anilines is 2. The Labute approximate surface area is 206 Å². The SMILES string of the molecule is Cn1cnc(S(=O)(=O)N2CCOC(c3cccc(Nc4ncc(Cc5ccccc5F)s4)n3)C2)c1. The number of benzene rings is 1. The smallest absolute Gasteiger partial charge is 0.262 e. The van der Waals surface area contributed by atoms with Crippen molar-refractivity contribution in [2.24, 2.45) is 7.05 Å². The van der Waals surface area contributed by atoms with Crippen molar-refractivity contribution in [3.63, 3.8) is 0 Å². The number of nitrogens with one attached hydrogen (secondary N) is 1. The molecule has 1 saturated heterocycles. The maximum atomic E-state index is 14.0. The summed E-state index contributed by atoms with van der Waals surface area (Å²) in [6, 6.07) is 12.1. The van der Waals surface area contributed by atoms with Crippen LogP contribution < -0.4 is 5.32 Å². The van der Waals surface area contributed by atoms with Gasteiger partial charge in [0.05, 0.1) is 18.6 Å². The minimum Gasteiger partial charge on any atom is -0.369 e. The van der Waals surface area contributed by atoms with Gasteiger partial charge in [0, 0.05) is 43.8 Å².